The van der Waals surface area contributed by atoms with Crippen LogP contribution in [0.5, 0.6) is 5.75 Å². The second-order valence-corrected chi connectivity index (χ2v) is 5.15. The Morgan fingerprint density at radius 2 is 2.25 bits per heavy atom. The van der Waals surface area contributed by atoms with Crippen LogP contribution in [0.4, 0.5) is 10.1 Å². The summed E-state index contributed by atoms with van der Waals surface area (Å²) in [6, 6.07) is 4.90. The Bertz CT molecular complexity index is 620. The van der Waals surface area contributed by atoms with Gasteiger partial charge in [0.25, 0.3) is 0 Å². The predicted octanol–water partition coefficient (Wildman–Crippen LogP) is 3.26. The highest BCUT2D eigenvalue weighted by atomic mass is 19.1. The van der Waals surface area contributed by atoms with Crippen LogP contribution in [0.3, 0.4) is 0 Å². The van der Waals surface area contributed by atoms with Gasteiger partial charge in [-0.3, -0.25) is 0 Å². The first-order chi connectivity index (χ1) is 9.69. The van der Waals surface area contributed by atoms with Crippen LogP contribution in [-0.2, 0) is 0 Å². The molecule has 1 aromatic heterocycles. The fourth-order valence-corrected chi connectivity index (χ4v) is 2.15. The van der Waals surface area contributed by atoms with Crippen molar-refractivity contribution >= 4 is 5.69 Å². The van der Waals surface area contributed by atoms with E-state index in [1.54, 1.807) is 10.7 Å². The number of nitrogen functional groups attached to an aromatic ring is 1. The molecule has 0 spiro atoms. The van der Waals surface area contributed by atoms with E-state index in [4.69, 9.17) is 10.5 Å². The van der Waals surface area contributed by atoms with Gasteiger partial charge in [0.1, 0.15) is 0 Å². The van der Waals surface area contributed by atoms with E-state index in [1.165, 1.54) is 18.9 Å². The van der Waals surface area contributed by atoms with Crippen molar-refractivity contribution in [2.45, 2.75) is 32.1 Å². The Kier molecular flexibility index (Phi) is 3.34. The zero-order valence-corrected chi connectivity index (χ0v) is 11.5. The zero-order valence-electron chi connectivity index (χ0n) is 11.5. The average molecular weight is 275 g/mol. The number of hydrogen-bond acceptors (Lipinski definition) is 3. The standard InChI is InChI=1S/C15H18FN3O/c1-2-7-20-15-9-14(12(17)8-11(15)16)19-6-5-13(18-19)10-3-4-10/h5-6,8-10H,2-4,7,17H2,1H3. The van der Waals surface area contributed by atoms with E-state index in [9.17, 15) is 4.39 Å². The van der Waals surface area contributed by atoms with Crippen LogP contribution in [0.25, 0.3) is 5.69 Å². The smallest absolute Gasteiger partial charge is 0.167 e. The molecular weight excluding hydrogens is 257 g/mol. The Morgan fingerprint density at radius 3 is 2.95 bits per heavy atom. The van der Waals surface area contributed by atoms with E-state index >= 15 is 0 Å². The van der Waals surface area contributed by atoms with Gasteiger partial charge in [0.2, 0.25) is 0 Å². The van der Waals surface area contributed by atoms with Gasteiger partial charge in [-0.25, -0.2) is 9.07 Å². The maximum atomic E-state index is 13.8. The summed E-state index contributed by atoms with van der Waals surface area (Å²) >= 11 is 0. The van der Waals surface area contributed by atoms with Crippen molar-refractivity contribution in [2.24, 2.45) is 0 Å². The van der Waals surface area contributed by atoms with Crippen molar-refractivity contribution in [2.75, 3.05) is 12.3 Å². The molecule has 0 bridgehead atoms. The van der Waals surface area contributed by atoms with Crippen molar-refractivity contribution in [1.82, 2.24) is 9.78 Å². The molecule has 20 heavy (non-hydrogen) atoms. The second-order valence-electron chi connectivity index (χ2n) is 5.15. The quantitative estimate of drug-likeness (QED) is 0.852. The highest BCUT2D eigenvalue weighted by Gasteiger charge is 2.26. The molecule has 1 heterocycles. The summed E-state index contributed by atoms with van der Waals surface area (Å²) in [4.78, 5) is 0. The first-order valence-corrected chi connectivity index (χ1v) is 6.96. The molecule has 0 aliphatic heterocycles. The second kappa shape index (κ2) is 5.15. The fourth-order valence-electron chi connectivity index (χ4n) is 2.15. The van der Waals surface area contributed by atoms with Crippen LogP contribution in [0.1, 0.15) is 37.8 Å². The minimum absolute atomic E-state index is 0.222. The van der Waals surface area contributed by atoms with Crippen LogP contribution in [0, 0.1) is 5.82 Å². The van der Waals surface area contributed by atoms with Gasteiger partial charge in [-0.2, -0.15) is 5.10 Å². The Morgan fingerprint density at radius 1 is 1.45 bits per heavy atom. The average Bonchev–Trinajstić information content (AvgIpc) is 3.17. The molecule has 1 aromatic carbocycles. The molecule has 0 radical (unpaired) electrons. The molecule has 0 saturated heterocycles. The molecule has 106 valence electrons. The van der Waals surface area contributed by atoms with Gasteiger partial charge in [0.15, 0.2) is 11.6 Å². The molecule has 2 N–H and O–H groups in total. The Labute approximate surface area is 117 Å². The number of benzene rings is 1. The molecule has 3 rings (SSSR count). The van der Waals surface area contributed by atoms with Crippen LogP contribution < -0.4 is 10.5 Å². The third-order valence-corrected chi connectivity index (χ3v) is 3.40. The summed E-state index contributed by atoms with van der Waals surface area (Å²) in [5.41, 5.74) is 7.98. The number of anilines is 1. The Hall–Kier alpha value is -2.04. The lowest BCUT2D eigenvalue weighted by Gasteiger charge is -2.11. The highest BCUT2D eigenvalue weighted by Crippen LogP contribution is 2.39. The van der Waals surface area contributed by atoms with Crippen LogP contribution in [-0.4, -0.2) is 16.4 Å². The van der Waals surface area contributed by atoms with E-state index in [0.29, 0.717) is 23.9 Å². The maximum absolute atomic E-state index is 13.8. The number of nitrogens with zero attached hydrogens (tertiary/aromatic N) is 2. The van der Waals surface area contributed by atoms with Gasteiger partial charge in [-0.15, -0.1) is 0 Å². The van der Waals surface area contributed by atoms with Gasteiger partial charge in [-0.05, 0) is 25.3 Å². The number of hydrogen-bond donors (Lipinski definition) is 1. The highest BCUT2D eigenvalue weighted by molar-refractivity contribution is 5.60. The third-order valence-electron chi connectivity index (χ3n) is 3.40. The number of ether oxygens (including phenoxy) is 1. The first kappa shape index (κ1) is 13.0. The summed E-state index contributed by atoms with van der Waals surface area (Å²) in [6.45, 7) is 2.46. The van der Waals surface area contributed by atoms with Gasteiger partial charge in [0, 0.05) is 24.2 Å². The molecule has 1 saturated carbocycles. The lowest BCUT2D eigenvalue weighted by atomic mass is 10.2. The molecule has 5 heteroatoms. The molecule has 4 nitrogen and oxygen atoms in total. The number of rotatable bonds is 5. The van der Waals surface area contributed by atoms with Crippen LogP contribution in [0.2, 0.25) is 0 Å². The van der Waals surface area contributed by atoms with E-state index in [2.05, 4.69) is 5.10 Å². The monoisotopic (exact) mass is 275 g/mol. The Balaban J connectivity index is 1.93. The SMILES string of the molecule is CCCOc1cc(-n2ccc(C3CC3)n2)c(N)cc1F. The van der Waals surface area contributed by atoms with Crippen LogP contribution in [0.15, 0.2) is 24.4 Å². The van der Waals surface area contributed by atoms with Crippen LogP contribution >= 0.6 is 0 Å². The summed E-state index contributed by atoms with van der Waals surface area (Å²) < 4.78 is 20.9. The lowest BCUT2D eigenvalue weighted by Crippen LogP contribution is -2.05. The van der Waals surface area contributed by atoms with Crippen molar-refractivity contribution in [1.29, 1.82) is 0 Å². The summed E-state index contributed by atoms with van der Waals surface area (Å²) in [6.07, 6.45) is 5.08. The van der Waals surface area contributed by atoms with Gasteiger partial charge < -0.3 is 10.5 Å². The first-order valence-electron chi connectivity index (χ1n) is 6.96. The lowest BCUT2D eigenvalue weighted by molar-refractivity contribution is 0.301. The van der Waals surface area contributed by atoms with E-state index in [1.807, 2.05) is 19.2 Å². The van der Waals surface area contributed by atoms with Crippen molar-refractivity contribution < 1.29 is 9.13 Å². The minimum Gasteiger partial charge on any atom is -0.490 e. The normalized spacial score (nSPS) is 14.5. The van der Waals surface area contributed by atoms with Crippen molar-refractivity contribution in [3.05, 3.63) is 35.9 Å². The van der Waals surface area contributed by atoms with E-state index < -0.39 is 5.82 Å². The molecule has 1 aliphatic rings. The summed E-state index contributed by atoms with van der Waals surface area (Å²) in [7, 11) is 0. The number of aromatic nitrogens is 2. The predicted molar refractivity (Wildman–Crippen MR) is 75.7 cm³/mol. The maximum Gasteiger partial charge on any atom is 0.167 e. The summed E-state index contributed by atoms with van der Waals surface area (Å²) in [5, 5.41) is 4.51. The molecule has 0 amide bonds. The third kappa shape index (κ3) is 2.48. The molecular formula is C15H18FN3O. The minimum atomic E-state index is -0.436. The molecule has 0 atom stereocenters. The van der Waals surface area contributed by atoms with Gasteiger partial charge in [0.05, 0.1) is 23.7 Å². The van der Waals surface area contributed by atoms with Crippen molar-refractivity contribution in [3.63, 3.8) is 0 Å². The van der Waals surface area contributed by atoms with E-state index in [0.717, 1.165) is 12.1 Å². The van der Waals surface area contributed by atoms with Crippen molar-refractivity contribution in [3.8, 4) is 11.4 Å². The topological polar surface area (TPSA) is 53.1 Å². The molecule has 0 unspecified atom stereocenters. The fraction of sp³-hybridized carbons (Fsp3) is 0.400. The number of nitrogens with two attached hydrogens (primary N) is 1. The van der Waals surface area contributed by atoms with Gasteiger partial charge in [-0.1, -0.05) is 6.92 Å². The summed E-state index contributed by atoms with van der Waals surface area (Å²) in [5.74, 6) is 0.363. The molecule has 1 fully saturated rings. The molecule has 2 aromatic rings. The van der Waals surface area contributed by atoms with Gasteiger partial charge >= 0.3 is 0 Å². The largest absolute Gasteiger partial charge is 0.490 e. The van der Waals surface area contributed by atoms with E-state index in [-0.39, 0.29) is 5.75 Å². The zero-order chi connectivity index (χ0) is 14.1. The molecule has 1 aliphatic carbocycles. The number of halogens is 1.